The number of anilines is 1. The monoisotopic (exact) mass is 338 g/mol. The van der Waals surface area contributed by atoms with E-state index in [1.54, 1.807) is 18.3 Å². The molecule has 0 radical (unpaired) electrons. The van der Waals surface area contributed by atoms with Crippen LogP contribution in [-0.4, -0.2) is 20.2 Å². The van der Waals surface area contributed by atoms with E-state index in [0.717, 1.165) is 23.1 Å². The summed E-state index contributed by atoms with van der Waals surface area (Å²) < 4.78 is 5.14. The van der Waals surface area contributed by atoms with E-state index in [4.69, 9.17) is 0 Å². The first-order valence-corrected chi connectivity index (χ1v) is 7.41. The Hall–Kier alpha value is -1.34. The lowest BCUT2D eigenvalue weighted by atomic mass is 10.1. The van der Waals surface area contributed by atoms with Crippen molar-refractivity contribution in [3.05, 3.63) is 34.3 Å². The Balaban J connectivity index is 1.72. The van der Waals surface area contributed by atoms with Crippen molar-refractivity contribution in [1.82, 2.24) is 14.3 Å². The minimum absolute atomic E-state index is 0.120. The van der Waals surface area contributed by atoms with Gasteiger partial charge >= 0.3 is 0 Å². The summed E-state index contributed by atoms with van der Waals surface area (Å²) in [6, 6.07) is 3.43. The first-order valence-electron chi connectivity index (χ1n) is 5.84. The summed E-state index contributed by atoms with van der Waals surface area (Å²) in [6.07, 6.45) is 3.82. The summed E-state index contributed by atoms with van der Waals surface area (Å²) >= 11 is 4.49. The fourth-order valence-electron chi connectivity index (χ4n) is 1.60. The van der Waals surface area contributed by atoms with Crippen LogP contribution in [0.4, 0.5) is 5.13 Å². The molecule has 0 aromatic carbocycles. The van der Waals surface area contributed by atoms with Gasteiger partial charge in [-0.05, 0) is 40.9 Å². The molecule has 7 heteroatoms. The van der Waals surface area contributed by atoms with Crippen LogP contribution in [-0.2, 0) is 5.41 Å². The summed E-state index contributed by atoms with van der Waals surface area (Å²) in [7, 11) is 0. The van der Waals surface area contributed by atoms with Gasteiger partial charge in [0.1, 0.15) is 5.69 Å². The summed E-state index contributed by atoms with van der Waals surface area (Å²) in [5.74, 6) is 0.563. The van der Waals surface area contributed by atoms with Crippen molar-refractivity contribution < 1.29 is 4.79 Å². The van der Waals surface area contributed by atoms with Crippen molar-refractivity contribution in [3.8, 4) is 0 Å². The van der Waals surface area contributed by atoms with E-state index in [9.17, 15) is 4.79 Å². The van der Waals surface area contributed by atoms with Crippen molar-refractivity contribution in [2.75, 3.05) is 5.32 Å². The van der Waals surface area contributed by atoms with Gasteiger partial charge in [0.05, 0.1) is 0 Å². The molecular weight excluding hydrogens is 328 g/mol. The SMILES string of the molecule is CC1(c2nsc(NC(=O)c3ccc(Br)cn3)n2)CC1. The molecule has 3 rings (SSSR count). The lowest BCUT2D eigenvalue weighted by molar-refractivity contribution is 0.102. The molecular formula is C12H11BrN4OS. The van der Waals surface area contributed by atoms with Crippen LogP contribution in [0.2, 0.25) is 0 Å². The third kappa shape index (κ3) is 2.66. The Morgan fingerprint density at radius 1 is 1.47 bits per heavy atom. The van der Waals surface area contributed by atoms with Crippen molar-refractivity contribution in [2.45, 2.75) is 25.2 Å². The van der Waals surface area contributed by atoms with Crippen molar-refractivity contribution in [1.29, 1.82) is 0 Å². The zero-order valence-corrected chi connectivity index (χ0v) is 12.6. The van der Waals surface area contributed by atoms with Crippen molar-refractivity contribution >= 4 is 38.5 Å². The molecule has 98 valence electrons. The van der Waals surface area contributed by atoms with Crippen LogP contribution in [0.15, 0.2) is 22.8 Å². The van der Waals surface area contributed by atoms with Gasteiger partial charge in [-0.2, -0.15) is 4.37 Å². The van der Waals surface area contributed by atoms with Gasteiger partial charge in [0.15, 0.2) is 5.82 Å². The fraction of sp³-hybridized carbons (Fsp3) is 0.333. The van der Waals surface area contributed by atoms with Gasteiger partial charge in [-0.25, -0.2) is 9.97 Å². The summed E-state index contributed by atoms with van der Waals surface area (Å²) in [6.45, 7) is 2.14. The van der Waals surface area contributed by atoms with Crippen LogP contribution in [0.3, 0.4) is 0 Å². The van der Waals surface area contributed by atoms with Gasteiger partial charge < -0.3 is 0 Å². The highest BCUT2D eigenvalue weighted by atomic mass is 79.9. The molecule has 1 saturated carbocycles. The largest absolute Gasteiger partial charge is 0.295 e. The predicted molar refractivity (Wildman–Crippen MR) is 76.4 cm³/mol. The lowest BCUT2D eigenvalue weighted by Crippen LogP contribution is -2.13. The first-order chi connectivity index (χ1) is 9.07. The van der Waals surface area contributed by atoms with Crippen LogP contribution in [0.5, 0.6) is 0 Å². The topological polar surface area (TPSA) is 67.8 Å². The maximum absolute atomic E-state index is 11.9. The average Bonchev–Trinajstić information content (AvgIpc) is 2.97. The minimum atomic E-state index is -0.267. The highest BCUT2D eigenvalue weighted by Crippen LogP contribution is 2.46. The number of rotatable bonds is 3. The fourth-order valence-corrected chi connectivity index (χ4v) is 2.54. The van der Waals surface area contributed by atoms with Crippen LogP contribution in [0, 0.1) is 0 Å². The maximum atomic E-state index is 11.9. The quantitative estimate of drug-likeness (QED) is 0.933. The number of nitrogens with zero attached hydrogens (tertiary/aromatic N) is 3. The third-order valence-electron chi connectivity index (χ3n) is 3.15. The number of amides is 1. The molecule has 2 aromatic heterocycles. The molecule has 1 N–H and O–H groups in total. The third-order valence-corrected chi connectivity index (χ3v) is 4.25. The number of aromatic nitrogens is 3. The standard InChI is InChI=1S/C12H11BrN4OS/c1-12(4-5-12)10-16-11(19-17-10)15-9(18)8-3-2-7(13)6-14-8/h2-3,6H,4-5H2,1H3,(H,15,16,17,18). The molecule has 0 unspecified atom stereocenters. The normalized spacial score (nSPS) is 16.1. The van der Waals surface area contributed by atoms with Crippen LogP contribution >= 0.6 is 27.5 Å². The van der Waals surface area contributed by atoms with E-state index in [1.165, 1.54) is 11.5 Å². The van der Waals surface area contributed by atoms with Crippen LogP contribution in [0.1, 0.15) is 36.1 Å². The molecule has 2 aromatic rings. The molecule has 0 aliphatic heterocycles. The molecule has 0 spiro atoms. The minimum Gasteiger partial charge on any atom is -0.295 e. The van der Waals surface area contributed by atoms with E-state index in [0.29, 0.717) is 10.8 Å². The van der Waals surface area contributed by atoms with Crippen molar-refractivity contribution in [3.63, 3.8) is 0 Å². The Morgan fingerprint density at radius 3 is 2.89 bits per heavy atom. The van der Waals surface area contributed by atoms with Crippen LogP contribution in [0.25, 0.3) is 0 Å². The van der Waals surface area contributed by atoms with Gasteiger partial charge in [-0.1, -0.05) is 6.92 Å². The van der Waals surface area contributed by atoms with E-state index in [2.05, 4.69) is 42.5 Å². The number of carbonyl (C=O) groups is 1. The van der Waals surface area contributed by atoms with E-state index in [1.807, 2.05) is 0 Å². The van der Waals surface area contributed by atoms with Crippen LogP contribution < -0.4 is 5.32 Å². The predicted octanol–water partition coefficient (Wildman–Crippen LogP) is 3.00. The molecule has 1 aliphatic carbocycles. The van der Waals surface area contributed by atoms with Gasteiger partial charge in [0.2, 0.25) is 5.13 Å². The lowest BCUT2D eigenvalue weighted by Gasteiger charge is -2.01. The van der Waals surface area contributed by atoms with Gasteiger partial charge in [0.25, 0.3) is 5.91 Å². The number of carbonyl (C=O) groups excluding carboxylic acids is 1. The van der Waals surface area contributed by atoms with E-state index >= 15 is 0 Å². The Kier molecular flexibility index (Phi) is 3.10. The molecule has 5 nitrogen and oxygen atoms in total. The average molecular weight is 339 g/mol. The van der Waals surface area contributed by atoms with Gasteiger partial charge in [-0.15, -0.1) is 0 Å². The summed E-state index contributed by atoms with van der Waals surface area (Å²) in [5.41, 5.74) is 0.479. The van der Waals surface area contributed by atoms with Gasteiger partial charge in [0, 0.05) is 27.6 Å². The molecule has 2 heterocycles. The number of hydrogen-bond donors (Lipinski definition) is 1. The molecule has 1 fully saturated rings. The highest BCUT2D eigenvalue weighted by Gasteiger charge is 2.42. The Labute approximate surface area is 122 Å². The number of pyridine rings is 1. The first kappa shape index (κ1) is 12.7. The number of nitrogens with one attached hydrogen (secondary N) is 1. The second kappa shape index (κ2) is 4.64. The maximum Gasteiger partial charge on any atom is 0.276 e. The molecule has 19 heavy (non-hydrogen) atoms. The zero-order chi connectivity index (χ0) is 13.5. The zero-order valence-electron chi connectivity index (χ0n) is 10.2. The smallest absolute Gasteiger partial charge is 0.276 e. The highest BCUT2D eigenvalue weighted by molar-refractivity contribution is 9.10. The second-order valence-electron chi connectivity index (χ2n) is 4.80. The Morgan fingerprint density at radius 2 is 2.26 bits per heavy atom. The second-order valence-corrected chi connectivity index (χ2v) is 6.47. The van der Waals surface area contributed by atoms with Gasteiger partial charge in [-0.3, -0.25) is 10.1 Å². The summed E-state index contributed by atoms with van der Waals surface area (Å²) in [4.78, 5) is 20.4. The molecule has 1 aliphatic rings. The van der Waals surface area contributed by atoms with E-state index < -0.39 is 0 Å². The number of halogens is 1. The molecule has 0 saturated heterocycles. The molecule has 1 amide bonds. The molecule has 0 atom stereocenters. The summed E-state index contributed by atoms with van der Waals surface area (Å²) in [5, 5.41) is 3.25. The molecule has 0 bridgehead atoms. The van der Waals surface area contributed by atoms with Crippen molar-refractivity contribution in [2.24, 2.45) is 0 Å². The number of hydrogen-bond acceptors (Lipinski definition) is 5. The van der Waals surface area contributed by atoms with E-state index in [-0.39, 0.29) is 11.3 Å². The Bertz CT molecular complexity index is 621.